The van der Waals surface area contributed by atoms with E-state index in [1.807, 2.05) is 6.07 Å². The van der Waals surface area contributed by atoms with Crippen LogP contribution >= 0.6 is 11.6 Å². The average molecular weight is 433 g/mol. The highest BCUT2D eigenvalue weighted by Gasteiger charge is 2.35. The number of aryl methyl sites for hydroxylation is 1. The Bertz CT molecular complexity index is 894. The Labute approximate surface area is 182 Å². The molecule has 1 saturated heterocycles. The molecule has 0 bridgehead atoms. The van der Waals surface area contributed by atoms with Gasteiger partial charge in [0.1, 0.15) is 17.5 Å². The summed E-state index contributed by atoms with van der Waals surface area (Å²) in [7, 11) is 1.79. The Kier molecular flexibility index (Phi) is 7.02. The molecule has 1 aromatic heterocycles. The number of hydrogen-bond donors (Lipinski definition) is 1. The maximum atomic E-state index is 13.1. The Morgan fingerprint density at radius 1 is 1.30 bits per heavy atom. The molecule has 0 radical (unpaired) electrons. The minimum absolute atomic E-state index is 0.0839. The number of carbonyl (C=O) groups is 2. The first-order chi connectivity index (χ1) is 14.2. The molecule has 1 aromatic carbocycles. The fourth-order valence-corrected chi connectivity index (χ4v) is 4.03. The van der Waals surface area contributed by atoms with E-state index < -0.39 is 5.91 Å². The topological polar surface area (TPSA) is 90.5 Å². The first-order valence-electron chi connectivity index (χ1n) is 10.3. The van der Waals surface area contributed by atoms with Crippen molar-refractivity contribution < 1.29 is 14.3 Å². The fraction of sp³-hybridized carbons (Fsp3) is 0.500. The number of aromatic nitrogens is 2. The van der Waals surface area contributed by atoms with Gasteiger partial charge in [0, 0.05) is 43.9 Å². The van der Waals surface area contributed by atoms with Gasteiger partial charge in [0.05, 0.1) is 5.69 Å². The number of nitrogens with two attached hydrogens (primary N) is 1. The van der Waals surface area contributed by atoms with Crippen molar-refractivity contribution in [3.8, 4) is 5.75 Å². The highest BCUT2D eigenvalue weighted by molar-refractivity contribution is 6.30. The predicted molar refractivity (Wildman–Crippen MR) is 115 cm³/mol. The number of nitrogens with zero attached hydrogens (tertiary/aromatic N) is 3. The van der Waals surface area contributed by atoms with Crippen molar-refractivity contribution in [3.05, 3.63) is 46.7 Å². The monoisotopic (exact) mass is 432 g/mol. The highest BCUT2D eigenvalue weighted by atomic mass is 35.5. The van der Waals surface area contributed by atoms with Crippen molar-refractivity contribution in [2.45, 2.75) is 39.2 Å². The molecule has 1 aliphatic heterocycles. The molecule has 0 aliphatic carbocycles. The summed E-state index contributed by atoms with van der Waals surface area (Å²) in [6.45, 7) is 5.19. The number of benzene rings is 1. The quantitative estimate of drug-likeness (QED) is 0.727. The third-order valence-electron chi connectivity index (χ3n) is 5.28. The van der Waals surface area contributed by atoms with Gasteiger partial charge in [-0.1, -0.05) is 25.4 Å². The van der Waals surface area contributed by atoms with Gasteiger partial charge in [-0.25, -0.2) is 0 Å². The lowest BCUT2D eigenvalue weighted by atomic mass is 9.91. The van der Waals surface area contributed by atoms with Gasteiger partial charge in [0.2, 0.25) is 5.91 Å². The number of hydrogen-bond acceptors (Lipinski definition) is 4. The van der Waals surface area contributed by atoms with E-state index in [0.717, 1.165) is 12.1 Å². The number of carbonyl (C=O) groups excluding carboxylic acids is 2. The van der Waals surface area contributed by atoms with E-state index >= 15 is 0 Å². The summed E-state index contributed by atoms with van der Waals surface area (Å²) in [4.78, 5) is 26.6. The minimum atomic E-state index is -0.404. The summed E-state index contributed by atoms with van der Waals surface area (Å²) in [6, 6.07) is 8.98. The van der Waals surface area contributed by atoms with E-state index in [4.69, 9.17) is 22.1 Å². The molecule has 2 N–H and O–H groups in total. The van der Waals surface area contributed by atoms with Gasteiger partial charge in [-0.3, -0.25) is 14.3 Å². The number of likely N-dealkylation sites (tertiary alicyclic amines) is 1. The van der Waals surface area contributed by atoms with Gasteiger partial charge in [-0.15, -0.1) is 0 Å². The molecule has 0 unspecified atom stereocenters. The summed E-state index contributed by atoms with van der Waals surface area (Å²) in [5.74, 6) is 0.476. The lowest BCUT2D eigenvalue weighted by Gasteiger charge is -2.38. The van der Waals surface area contributed by atoms with Crippen molar-refractivity contribution in [1.29, 1.82) is 0 Å². The Hall–Kier alpha value is -2.54. The summed E-state index contributed by atoms with van der Waals surface area (Å²) in [5, 5.41) is 5.10. The summed E-state index contributed by atoms with van der Waals surface area (Å²) in [5.41, 5.74) is 6.94. The van der Waals surface area contributed by atoms with E-state index in [1.54, 1.807) is 40.9 Å². The molecule has 3 rings (SSSR count). The maximum Gasteiger partial charge on any atom is 0.272 e. The molecule has 30 heavy (non-hydrogen) atoms. The van der Waals surface area contributed by atoms with E-state index in [9.17, 15) is 9.59 Å². The minimum Gasteiger partial charge on any atom is -0.490 e. The van der Waals surface area contributed by atoms with Crippen molar-refractivity contribution in [2.24, 2.45) is 24.6 Å². The van der Waals surface area contributed by atoms with Crippen molar-refractivity contribution >= 4 is 23.4 Å². The van der Waals surface area contributed by atoms with Crippen LogP contribution in [-0.4, -0.2) is 45.7 Å². The summed E-state index contributed by atoms with van der Waals surface area (Å²) >= 11 is 5.94. The maximum absolute atomic E-state index is 13.1. The molecule has 2 amide bonds. The zero-order valence-corrected chi connectivity index (χ0v) is 18.4. The van der Waals surface area contributed by atoms with Gasteiger partial charge in [-0.2, -0.15) is 5.10 Å². The number of ether oxygens (including phenoxy) is 1. The molecule has 2 atom stereocenters. The molecule has 0 spiro atoms. The van der Waals surface area contributed by atoms with Crippen molar-refractivity contribution in [3.63, 3.8) is 0 Å². The van der Waals surface area contributed by atoms with Gasteiger partial charge in [0.25, 0.3) is 5.91 Å². The molecule has 1 fully saturated rings. The first-order valence-corrected chi connectivity index (χ1v) is 10.6. The lowest BCUT2D eigenvalue weighted by Crippen LogP contribution is -2.49. The Balaban J connectivity index is 1.72. The second-order valence-corrected chi connectivity index (χ2v) is 8.76. The molecule has 2 heterocycles. The van der Waals surface area contributed by atoms with Crippen LogP contribution in [0.4, 0.5) is 0 Å². The van der Waals surface area contributed by atoms with Crippen LogP contribution in [0.5, 0.6) is 5.75 Å². The zero-order valence-electron chi connectivity index (χ0n) is 17.7. The Morgan fingerprint density at radius 2 is 2.00 bits per heavy atom. The smallest absolute Gasteiger partial charge is 0.272 e. The standard InChI is InChI=1S/C22H29ClN4O3/c1-14(2)10-17-12-19(26(3)25-17)22(29)27-9-8-20(15(13-27)11-21(24)28)30-18-6-4-16(23)5-7-18/h4-7,12,14-15,20H,8-11,13H2,1-3H3,(H2,24,28)/t15-,20-/m0/s1. The molecule has 0 saturated carbocycles. The molecule has 7 nitrogen and oxygen atoms in total. The molecule has 1 aliphatic rings. The lowest BCUT2D eigenvalue weighted by molar-refractivity contribution is -0.120. The predicted octanol–water partition coefficient (Wildman–Crippen LogP) is 3.06. The van der Waals surface area contributed by atoms with Crippen LogP contribution in [0.3, 0.4) is 0 Å². The summed E-state index contributed by atoms with van der Waals surface area (Å²) in [6.07, 6.45) is 1.39. The molecule has 2 aromatic rings. The van der Waals surface area contributed by atoms with Crippen LogP contribution in [0.2, 0.25) is 5.02 Å². The van der Waals surface area contributed by atoms with Crippen LogP contribution in [0, 0.1) is 11.8 Å². The fourth-order valence-electron chi connectivity index (χ4n) is 3.90. The molecular weight excluding hydrogens is 404 g/mol. The van der Waals surface area contributed by atoms with E-state index in [-0.39, 0.29) is 24.3 Å². The van der Waals surface area contributed by atoms with E-state index in [1.165, 1.54) is 0 Å². The van der Waals surface area contributed by atoms with Crippen LogP contribution in [0.15, 0.2) is 30.3 Å². The van der Waals surface area contributed by atoms with Gasteiger partial charge < -0.3 is 15.4 Å². The van der Waals surface area contributed by atoms with Crippen LogP contribution in [-0.2, 0) is 18.3 Å². The second kappa shape index (κ2) is 9.51. The number of piperidine rings is 1. The SMILES string of the molecule is CC(C)Cc1cc(C(=O)N2CC[C@H](Oc3ccc(Cl)cc3)[C@@H](CC(N)=O)C2)n(C)n1. The second-order valence-electron chi connectivity index (χ2n) is 8.32. The number of rotatable bonds is 7. The highest BCUT2D eigenvalue weighted by Crippen LogP contribution is 2.27. The van der Waals surface area contributed by atoms with Gasteiger partial charge >= 0.3 is 0 Å². The average Bonchev–Trinajstić information content (AvgIpc) is 3.03. The molecular formula is C22H29ClN4O3. The van der Waals surface area contributed by atoms with Crippen molar-refractivity contribution in [1.82, 2.24) is 14.7 Å². The van der Waals surface area contributed by atoms with Crippen LogP contribution in [0.1, 0.15) is 42.9 Å². The normalized spacial score (nSPS) is 19.2. The van der Waals surface area contributed by atoms with Gasteiger partial charge in [-0.05, 0) is 42.7 Å². The first kappa shape index (κ1) is 22.2. The van der Waals surface area contributed by atoms with E-state index in [0.29, 0.717) is 41.9 Å². The zero-order chi connectivity index (χ0) is 21.8. The van der Waals surface area contributed by atoms with Crippen LogP contribution in [0.25, 0.3) is 0 Å². The van der Waals surface area contributed by atoms with Crippen molar-refractivity contribution in [2.75, 3.05) is 13.1 Å². The third-order valence-corrected chi connectivity index (χ3v) is 5.53. The summed E-state index contributed by atoms with van der Waals surface area (Å²) < 4.78 is 7.75. The molecule has 162 valence electrons. The third kappa shape index (κ3) is 5.53. The van der Waals surface area contributed by atoms with Gasteiger partial charge in [0.15, 0.2) is 0 Å². The number of halogens is 1. The number of amides is 2. The Morgan fingerprint density at radius 3 is 2.63 bits per heavy atom. The van der Waals surface area contributed by atoms with E-state index in [2.05, 4.69) is 18.9 Å². The largest absolute Gasteiger partial charge is 0.490 e. The molecule has 8 heteroatoms. The van der Waals surface area contributed by atoms with Crippen LogP contribution < -0.4 is 10.5 Å². The number of primary amides is 1.